The second-order valence-corrected chi connectivity index (χ2v) is 5.01. The summed E-state index contributed by atoms with van der Waals surface area (Å²) in [5, 5.41) is 11.4. The quantitative estimate of drug-likeness (QED) is 0.779. The number of amides is 1. The second-order valence-electron chi connectivity index (χ2n) is 5.01. The summed E-state index contributed by atoms with van der Waals surface area (Å²) in [6.07, 6.45) is 0.234. The van der Waals surface area contributed by atoms with Crippen molar-refractivity contribution < 1.29 is 24.2 Å². The predicted octanol–water partition coefficient (Wildman–Crippen LogP) is 1.14. The van der Waals surface area contributed by atoms with Crippen molar-refractivity contribution in [1.82, 2.24) is 5.32 Å². The van der Waals surface area contributed by atoms with E-state index < -0.39 is 29.8 Å². The third-order valence-electron chi connectivity index (χ3n) is 2.27. The molecule has 0 unspecified atom stereocenters. The van der Waals surface area contributed by atoms with Crippen molar-refractivity contribution in [2.75, 3.05) is 6.61 Å². The molecule has 1 aliphatic heterocycles. The fourth-order valence-corrected chi connectivity index (χ4v) is 1.61. The number of hydrogen-bond donors (Lipinski definition) is 2. The molecule has 0 bridgehead atoms. The van der Waals surface area contributed by atoms with Crippen LogP contribution in [0, 0.1) is 0 Å². The summed E-state index contributed by atoms with van der Waals surface area (Å²) in [5.41, 5.74) is -0.649. The van der Waals surface area contributed by atoms with E-state index in [9.17, 15) is 9.59 Å². The number of carbonyl (C=O) groups is 2. The zero-order valence-corrected chi connectivity index (χ0v) is 10.4. The summed E-state index contributed by atoms with van der Waals surface area (Å²) in [6.45, 7) is 5.68. The molecule has 2 atom stereocenters. The molecule has 0 aromatic heterocycles. The Kier molecular flexibility index (Phi) is 4.34. The molecule has 1 heterocycles. The Morgan fingerprint density at radius 3 is 2.53 bits per heavy atom. The second kappa shape index (κ2) is 5.35. The minimum absolute atomic E-state index is 0.472. The van der Waals surface area contributed by atoms with Gasteiger partial charge < -0.3 is 19.9 Å². The smallest absolute Gasteiger partial charge is 0.408 e. The van der Waals surface area contributed by atoms with Crippen LogP contribution in [-0.2, 0) is 14.3 Å². The summed E-state index contributed by atoms with van der Waals surface area (Å²) < 4.78 is 10.3. The van der Waals surface area contributed by atoms with E-state index in [4.69, 9.17) is 14.6 Å². The molecule has 6 nitrogen and oxygen atoms in total. The molecule has 0 spiro atoms. The van der Waals surface area contributed by atoms with Crippen LogP contribution in [0.25, 0.3) is 0 Å². The van der Waals surface area contributed by atoms with Gasteiger partial charge in [-0.2, -0.15) is 0 Å². The molecule has 0 aromatic rings. The van der Waals surface area contributed by atoms with Crippen LogP contribution in [0.15, 0.2) is 0 Å². The zero-order chi connectivity index (χ0) is 13.1. The topological polar surface area (TPSA) is 84.9 Å². The Morgan fingerprint density at radius 2 is 2.12 bits per heavy atom. The average molecular weight is 245 g/mol. The molecule has 0 aliphatic carbocycles. The van der Waals surface area contributed by atoms with E-state index in [-0.39, 0.29) is 0 Å². The van der Waals surface area contributed by atoms with Crippen molar-refractivity contribution in [2.45, 2.75) is 51.4 Å². The lowest BCUT2D eigenvalue weighted by Crippen LogP contribution is -2.49. The molecule has 6 heteroatoms. The van der Waals surface area contributed by atoms with E-state index in [2.05, 4.69) is 5.32 Å². The first-order valence-corrected chi connectivity index (χ1v) is 5.63. The highest BCUT2D eigenvalue weighted by Gasteiger charge is 2.34. The van der Waals surface area contributed by atoms with Crippen LogP contribution in [-0.4, -0.2) is 41.5 Å². The number of carboxylic acids is 1. The number of nitrogens with one attached hydrogen (secondary N) is 1. The molecule has 1 amide bonds. The van der Waals surface area contributed by atoms with Crippen molar-refractivity contribution in [3.05, 3.63) is 0 Å². The Labute approximate surface area is 100 Å². The molecule has 98 valence electrons. The van der Waals surface area contributed by atoms with E-state index in [0.717, 1.165) is 6.42 Å². The maximum atomic E-state index is 11.5. The fourth-order valence-electron chi connectivity index (χ4n) is 1.61. The van der Waals surface area contributed by atoms with Crippen LogP contribution < -0.4 is 5.32 Å². The van der Waals surface area contributed by atoms with Crippen molar-refractivity contribution in [3.8, 4) is 0 Å². The highest BCUT2D eigenvalue weighted by Crippen LogP contribution is 2.16. The van der Waals surface area contributed by atoms with Gasteiger partial charge in [-0.25, -0.2) is 9.59 Å². The minimum Gasteiger partial charge on any atom is -0.480 e. The normalized spacial score (nSPS) is 21.9. The van der Waals surface area contributed by atoms with Crippen LogP contribution in [0.3, 0.4) is 0 Å². The van der Waals surface area contributed by atoms with Gasteiger partial charge in [0, 0.05) is 6.61 Å². The van der Waals surface area contributed by atoms with E-state index >= 15 is 0 Å². The first-order chi connectivity index (χ1) is 7.79. The molecule has 1 saturated heterocycles. The standard InChI is InChI=1S/C11H19NO5/c1-11(2,3)17-10(15)12-8(9(13)14)7-5-4-6-16-7/h7-8H,4-6H2,1-3H3,(H,12,15)(H,13,14)/t7-,8+/m1/s1. The number of aliphatic carboxylic acids is 1. The maximum absolute atomic E-state index is 11.5. The highest BCUT2D eigenvalue weighted by atomic mass is 16.6. The number of alkyl carbamates (subject to hydrolysis) is 1. The molecule has 0 saturated carbocycles. The van der Waals surface area contributed by atoms with Crippen molar-refractivity contribution in [3.63, 3.8) is 0 Å². The summed E-state index contributed by atoms with van der Waals surface area (Å²) >= 11 is 0. The van der Waals surface area contributed by atoms with Crippen molar-refractivity contribution in [1.29, 1.82) is 0 Å². The molecular formula is C11H19NO5. The number of hydrogen-bond acceptors (Lipinski definition) is 4. The number of ether oxygens (including phenoxy) is 2. The van der Waals surface area contributed by atoms with Gasteiger partial charge in [0.05, 0.1) is 6.10 Å². The fraction of sp³-hybridized carbons (Fsp3) is 0.818. The lowest BCUT2D eigenvalue weighted by Gasteiger charge is -2.24. The predicted molar refractivity (Wildman–Crippen MR) is 59.8 cm³/mol. The first kappa shape index (κ1) is 13.8. The summed E-state index contributed by atoms with van der Waals surface area (Å²) in [4.78, 5) is 22.5. The first-order valence-electron chi connectivity index (χ1n) is 5.63. The van der Waals surface area contributed by atoms with Crippen molar-refractivity contribution >= 4 is 12.1 Å². The number of carbonyl (C=O) groups excluding carboxylic acids is 1. The van der Waals surface area contributed by atoms with Crippen LogP contribution >= 0.6 is 0 Å². The van der Waals surface area contributed by atoms with Gasteiger partial charge in [-0.3, -0.25) is 0 Å². The maximum Gasteiger partial charge on any atom is 0.408 e. The molecular weight excluding hydrogens is 226 g/mol. The van der Waals surface area contributed by atoms with E-state index in [0.29, 0.717) is 13.0 Å². The van der Waals surface area contributed by atoms with Gasteiger partial charge in [0.1, 0.15) is 5.60 Å². The van der Waals surface area contributed by atoms with Crippen LogP contribution in [0.1, 0.15) is 33.6 Å². The van der Waals surface area contributed by atoms with E-state index in [1.807, 2.05) is 0 Å². The number of rotatable bonds is 3. The minimum atomic E-state index is -1.11. The largest absolute Gasteiger partial charge is 0.480 e. The zero-order valence-electron chi connectivity index (χ0n) is 10.4. The van der Waals surface area contributed by atoms with E-state index in [1.165, 1.54) is 0 Å². The third kappa shape index (κ3) is 4.60. The van der Waals surface area contributed by atoms with Gasteiger partial charge in [0.15, 0.2) is 6.04 Å². The van der Waals surface area contributed by atoms with Crippen LogP contribution in [0.4, 0.5) is 4.79 Å². The summed E-state index contributed by atoms with van der Waals surface area (Å²) in [7, 11) is 0. The molecule has 0 aromatic carbocycles. The SMILES string of the molecule is CC(C)(C)OC(=O)N[C@H](C(=O)O)[C@H]1CCCO1. The van der Waals surface area contributed by atoms with Crippen LogP contribution in [0.2, 0.25) is 0 Å². The van der Waals surface area contributed by atoms with Gasteiger partial charge in [0.25, 0.3) is 0 Å². The third-order valence-corrected chi connectivity index (χ3v) is 2.27. The lowest BCUT2D eigenvalue weighted by molar-refractivity contribution is -0.142. The van der Waals surface area contributed by atoms with E-state index in [1.54, 1.807) is 20.8 Å². The van der Waals surface area contributed by atoms with Gasteiger partial charge >= 0.3 is 12.1 Å². The Morgan fingerprint density at radius 1 is 1.47 bits per heavy atom. The van der Waals surface area contributed by atoms with Crippen LogP contribution in [0.5, 0.6) is 0 Å². The average Bonchev–Trinajstić information content (AvgIpc) is 2.63. The highest BCUT2D eigenvalue weighted by molar-refractivity contribution is 5.80. The number of carboxylic acid groups (broad SMARTS) is 1. The summed E-state index contributed by atoms with van der Waals surface area (Å²) in [5.74, 6) is -1.11. The van der Waals surface area contributed by atoms with Gasteiger partial charge in [-0.1, -0.05) is 0 Å². The molecule has 1 aliphatic rings. The van der Waals surface area contributed by atoms with Gasteiger partial charge in [0.2, 0.25) is 0 Å². The van der Waals surface area contributed by atoms with Gasteiger partial charge in [-0.05, 0) is 33.6 Å². The Bertz CT molecular complexity index is 291. The molecule has 0 radical (unpaired) electrons. The molecule has 1 fully saturated rings. The molecule has 2 N–H and O–H groups in total. The van der Waals surface area contributed by atoms with Crippen molar-refractivity contribution in [2.24, 2.45) is 0 Å². The summed E-state index contributed by atoms with van der Waals surface area (Å²) in [6, 6.07) is -1.05. The molecule has 17 heavy (non-hydrogen) atoms. The monoisotopic (exact) mass is 245 g/mol. The molecule has 1 rings (SSSR count). The Hall–Kier alpha value is -1.30. The van der Waals surface area contributed by atoms with Gasteiger partial charge in [-0.15, -0.1) is 0 Å². The lowest BCUT2D eigenvalue weighted by atomic mass is 10.1. The Balaban J connectivity index is 2.55.